The van der Waals surface area contributed by atoms with E-state index in [9.17, 15) is 30.3 Å². The van der Waals surface area contributed by atoms with Crippen molar-refractivity contribution in [3.05, 3.63) is 0 Å². The van der Waals surface area contributed by atoms with E-state index in [2.05, 4.69) is 0 Å². The standard InChI is InChI=1S/C21H32O8/c1-18(8-22)4-3-5-19-9-29-21(27,17(26)14(18)19)20-12(19)6-11(23)13(16(20)25)10(7-28-2)15(20)24/h10-14,16-17,22-23,25-27H,3-9H2,1-2H3/t10-,11+,12+,13-,14-,16-,17+,18+,19-,20+,21+/m1/s1. The van der Waals surface area contributed by atoms with E-state index in [4.69, 9.17) is 9.47 Å². The predicted molar refractivity (Wildman–Crippen MR) is 98.3 cm³/mol. The van der Waals surface area contributed by atoms with Crippen LogP contribution >= 0.6 is 0 Å². The van der Waals surface area contributed by atoms with Crippen molar-refractivity contribution in [3.63, 3.8) is 0 Å². The molecule has 0 radical (unpaired) electrons. The Bertz CT molecular complexity index is 729. The molecule has 8 heteroatoms. The number of fused-ring (bicyclic) bond motifs is 2. The summed E-state index contributed by atoms with van der Waals surface area (Å²) in [4.78, 5) is 13.8. The van der Waals surface area contributed by atoms with Crippen molar-refractivity contribution < 1.29 is 39.8 Å². The lowest BCUT2D eigenvalue weighted by molar-refractivity contribution is -0.452. The molecular weight excluding hydrogens is 380 g/mol. The molecule has 0 aromatic carbocycles. The molecule has 6 rings (SSSR count). The number of aliphatic hydroxyl groups excluding tert-OH is 4. The lowest BCUT2D eigenvalue weighted by Crippen LogP contribution is -2.84. The smallest absolute Gasteiger partial charge is 0.208 e. The highest BCUT2D eigenvalue weighted by Gasteiger charge is 2.87. The van der Waals surface area contributed by atoms with Crippen LogP contribution in [-0.2, 0) is 14.3 Å². The molecule has 2 spiro atoms. The number of carbonyl (C=O) groups excluding carboxylic acids is 1. The number of ketones is 1. The number of methoxy groups -OCH3 is 1. The Morgan fingerprint density at radius 1 is 1.21 bits per heavy atom. The summed E-state index contributed by atoms with van der Waals surface area (Å²) in [5.41, 5.74) is -3.04. The van der Waals surface area contributed by atoms with Crippen LogP contribution in [0.15, 0.2) is 0 Å². The van der Waals surface area contributed by atoms with Crippen molar-refractivity contribution in [2.75, 3.05) is 26.9 Å². The van der Waals surface area contributed by atoms with Gasteiger partial charge in [-0.15, -0.1) is 0 Å². The molecule has 4 bridgehead atoms. The lowest BCUT2D eigenvalue weighted by Gasteiger charge is -2.74. The fourth-order valence-electron chi connectivity index (χ4n) is 8.56. The zero-order valence-corrected chi connectivity index (χ0v) is 17.0. The third-order valence-electron chi connectivity index (χ3n) is 9.54. The Labute approximate surface area is 169 Å². The summed E-state index contributed by atoms with van der Waals surface area (Å²) >= 11 is 0. The Hall–Kier alpha value is -0.610. The van der Waals surface area contributed by atoms with Crippen molar-refractivity contribution in [1.29, 1.82) is 0 Å². The molecule has 5 N–H and O–H groups in total. The molecule has 11 atom stereocenters. The van der Waals surface area contributed by atoms with Crippen molar-refractivity contribution in [2.45, 2.75) is 56.7 Å². The van der Waals surface area contributed by atoms with E-state index in [-0.39, 0.29) is 32.0 Å². The van der Waals surface area contributed by atoms with E-state index in [0.29, 0.717) is 12.8 Å². The Morgan fingerprint density at radius 3 is 2.59 bits per heavy atom. The van der Waals surface area contributed by atoms with Crippen LogP contribution in [0, 0.1) is 39.9 Å². The van der Waals surface area contributed by atoms with Gasteiger partial charge in [0.2, 0.25) is 5.79 Å². The number of hydrogen-bond donors (Lipinski definition) is 5. The highest BCUT2D eigenvalue weighted by Crippen LogP contribution is 2.76. The second-order valence-corrected chi connectivity index (χ2v) is 10.5. The molecule has 0 amide bonds. The fraction of sp³-hybridized carbons (Fsp3) is 0.952. The van der Waals surface area contributed by atoms with E-state index < -0.39 is 64.0 Å². The maximum absolute atomic E-state index is 13.8. The Kier molecular flexibility index (Phi) is 4.20. The molecule has 6 fully saturated rings. The average Bonchev–Trinajstić information content (AvgIpc) is 2.83. The molecule has 4 aliphatic carbocycles. The number of rotatable bonds is 3. The third kappa shape index (κ3) is 1.94. The molecule has 2 saturated heterocycles. The van der Waals surface area contributed by atoms with Crippen LogP contribution in [0.1, 0.15) is 32.6 Å². The third-order valence-corrected chi connectivity index (χ3v) is 9.54. The van der Waals surface area contributed by atoms with Gasteiger partial charge in [0.15, 0.2) is 5.78 Å². The Morgan fingerprint density at radius 2 is 1.93 bits per heavy atom. The number of hydrogen-bond acceptors (Lipinski definition) is 8. The molecule has 2 aliphatic heterocycles. The summed E-state index contributed by atoms with van der Waals surface area (Å²) in [5, 5.41) is 55.8. The normalized spacial score (nSPS) is 60.8. The van der Waals surface area contributed by atoms with E-state index >= 15 is 0 Å². The maximum Gasteiger partial charge on any atom is 0.208 e. The van der Waals surface area contributed by atoms with Crippen LogP contribution in [0.2, 0.25) is 0 Å². The van der Waals surface area contributed by atoms with Crippen LogP contribution in [0.5, 0.6) is 0 Å². The Balaban J connectivity index is 1.74. The SMILES string of the molecule is COC[C@H]1C(=O)[C@]23[C@H](O)[C@H]1[C@@H](O)C[C@H]2[C@]12CCC[C@@](C)(CO)[C@H]1[C@H](O)[C@]3(O)OC2. The zero-order chi connectivity index (χ0) is 21.0. The molecule has 8 nitrogen and oxygen atoms in total. The first kappa shape index (κ1) is 20.3. The van der Waals surface area contributed by atoms with Crippen molar-refractivity contribution in [3.8, 4) is 0 Å². The molecule has 29 heavy (non-hydrogen) atoms. The second-order valence-electron chi connectivity index (χ2n) is 10.5. The molecule has 0 aromatic heterocycles. The fourth-order valence-corrected chi connectivity index (χ4v) is 8.56. The first-order valence-electron chi connectivity index (χ1n) is 10.7. The van der Waals surface area contributed by atoms with Gasteiger partial charge in [0.1, 0.15) is 11.5 Å². The van der Waals surface area contributed by atoms with Gasteiger partial charge in [0.25, 0.3) is 0 Å². The van der Waals surface area contributed by atoms with Gasteiger partial charge in [-0.2, -0.15) is 0 Å². The molecule has 0 aromatic rings. The van der Waals surface area contributed by atoms with Crippen LogP contribution in [-0.4, -0.2) is 82.3 Å². The van der Waals surface area contributed by atoms with Gasteiger partial charge in [-0.05, 0) is 30.6 Å². The summed E-state index contributed by atoms with van der Waals surface area (Å²) < 4.78 is 11.1. The molecular formula is C21H32O8. The zero-order valence-electron chi connectivity index (χ0n) is 17.0. The quantitative estimate of drug-likeness (QED) is 0.400. The minimum absolute atomic E-state index is 0.0308. The molecule has 2 heterocycles. The number of Topliss-reactive ketones (excluding diaryl/α,β-unsaturated/α-hetero) is 1. The minimum Gasteiger partial charge on any atom is -0.396 e. The highest BCUT2D eigenvalue weighted by atomic mass is 16.6. The summed E-state index contributed by atoms with van der Waals surface area (Å²) in [6, 6.07) is 0. The summed E-state index contributed by atoms with van der Waals surface area (Å²) in [5.74, 6) is -5.20. The molecule has 4 saturated carbocycles. The van der Waals surface area contributed by atoms with Crippen LogP contribution in [0.3, 0.4) is 0 Å². The second kappa shape index (κ2) is 6.00. The lowest BCUT2D eigenvalue weighted by atomic mass is 9.36. The van der Waals surface area contributed by atoms with Crippen molar-refractivity contribution >= 4 is 5.78 Å². The van der Waals surface area contributed by atoms with E-state index in [1.165, 1.54) is 7.11 Å². The van der Waals surface area contributed by atoms with Crippen LogP contribution in [0.4, 0.5) is 0 Å². The van der Waals surface area contributed by atoms with Crippen molar-refractivity contribution in [2.24, 2.45) is 39.9 Å². The van der Waals surface area contributed by atoms with Gasteiger partial charge in [0, 0.05) is 36.9 Å². The highest BCUT2D eigenvalue weighted by molar-refractivity contribution is 5.93. The molecule has 164 valence electrons. The van der Waals surface area contributed by atoms with Gasteiger partial charge in [-0.3, -0.25) is 4.79 Å². The molecule has 6 aliphatic rings. The van der Waals surface area contributed by atoms with E-state index in [1.54, 1.807) is 0 Å². The summed E-state index contributed by atoms with van der Waals surface area (Å²) in [6.45, 7) is 1.92. The topological polar surface area (TPSA) is 137 Å². The van der Waals surface area contributed by atoms with E-state index in [1.807, 2.05) is 6.92 Å². The van der Waals surface area contributed by atoms with Gasteiger partial charge >= 0.3 is 0 Å². The van der Waals surface area contributed by atoms with Crippen LogP contribution < -0.4 is 0 Å². The first-order valence-corrected chi connectivity index (χ1v) is 10.7. The largest absolute Gasteiger partial charge is 0.396 e. The predicted octanol–water partition coefficient (Wildman–Crippen LogP) is -0.946. The maximum atomic E-state index is 13.8. The summed E-state index contributed by atoms with van der Waals surface area (Å²) in [6.07, 6.45) is -1.28. The van der Waals surface area contributed by atoms with E-state index in [0.717, 1.165) is 6.42 Å². The first-order chi connectivity index (χ1) is 13.7. The van der Waals surface area contributed by atoms with Gasteiger partial charge in [0.05, 0.1) is 25.4 Å². The summed E-state index contributed by atoms with van der Waals surface area (Å²) in [7, 11) is 1.46. The number of carbonyl (C=O) groups is 1. The van der Waals surface area contributed by atoms with Gasteiger partial charge in [-0.25, -0.2) is 0 Å². The number of ether oxygens (including phenoxy) is 2. The molecule has 0 unspecified atom stereocenters. The monoisotopic (exact) mass is 412 g/mol. The van der Waals surface area contributed by atoms with Crippen molar-refractivity contribution in [1.82, 2.24) is 0 Å². The average molecular weight is 412 g/mol. The minimum atomic E-state index is -2.25. The van der Waals surface area contributed by atoms with Crippen LogP contribution in [0.25, 0.3) is 0 Å². The van der Waals surface area contributed by atoms with Gasteiger partial charge < -0.3 is 35.0 Å². The number of aliphatic hydroxyl groups is 5. The van der Waals surface area contributed by atoms with Gasteiger partial charge in [-0.1, -0.05) is 13.3 Å².